The Morgan fingerprint density at radius 1 is 0.934 bits per heavy atom. The zero-order chi connectivity index (χ0) is 46.3. The lowest BCUT2D eigenvalue weighted by atomic mass is 9.83. The van der Waals surface area contributed by atoms with Crippen molar-refractivity contribution in [3.8, 4) is 6.07 Å². The van der Waals surface area contributed by atoms with E-state index in [2.05, 4.69) is 71.5 Å². The van der Waals surface area contributed by atoms with Gasteiger partial charge in [-0.25, -0.2) is 0 Å². The Balaban J connectivity index is 0.00000131. The topological polar surface area (TPSA) is 133 Å². The van der Waals surface area contributed by atoms with Gasteiger partial charge in [0, 0.05) is 51.4 Å². The van der Waals surface area contributed by atoms with Crippen LogP contribution in [0.1, 0.15) is 172 Å². The van der Waals surface area contributed by atoms with Crippen LogP contribution in [0.4, 0.5) is 0 Å². The Bertz CT molecular complexity index is 1220. The number of likely N-dealkylation sites (tertiary alicyclic amines) is 1. The SMILES string of the molecule is CC.CCC1CCCC(O)C1O.CCN1CC(C)CC(C)C1.CC[C@H]1OC(=O)CCC[C@@H](OC(C)CC(CC(C)CCC#N)N(C)C)CCCC(=O)/C=C/C(C)=C/C1COC. The number of hydrogen-bond donors (Lipinski definition) is 2. The second kappa shape index (κ2) is 35.2. The third-order valence-electron chi connectivity index (χ3n) is 12.4. The molecule has 61 heavy (non-hydrogen) atoms. The number of carbonyl (C=O) groups excluding carboxylic acids is 2. The van der Waals surface area contributed by atoms with Gasteiger partial charge in [-0.05, 0) is 135 Å². The van der Waals surface area contributed by atoms with E-state index in [1.54, 1.807) is 13.2 Å². The van der Waals surface area contributed by atoms with Crippen LogP contribution in [0.2, 0.25) is 0 Å². The fourth-order valence-corrected chi connectivity index (χ4v) is 9.03. The molecule has 0 amide bonds. The Morgan fingerprint density at radius 3 is 2.11 bits per heavy atom. The molecule has 0 aromatic heterocycles. The van der Waals surface area contributed by atoms with Crippen molar-refractivity contribution in [3.63, 3.8) is 0 Å². The normalized spacial score (nSPS) is 29.9. The Kier molecular flexibility index (Phi) is 34.0. The molecule has 9 unspecified atom stereocenters. The predicted octanol–water partition coefficient (Wildman–Crippen LogP) is 10.3. The van der Waals surface area contributed by atoms with Crippen molar-refractivity contribution in [1.29, 1.82) is 5.26 Å². The summed E-state index contributed by atoms with van der Waals surface area (Å²) in [4.78, 5) is 30.1. The van der Waals surface area contributed by atoms with E-state index in [1.165, 1.54) is 26.1 Å². The average Bonchev–Trinajstić information content (AvgIpc) is 3.22. The van der Waals surface area contributed by atoms with Crippen LogP contribution in [-0.4, -0.2) is 116 Å². The summed E-state index contributed by atoms with van der Waals surface area (Å²) in [5, 5.41) is 27.5. The predicted molar refractivity (Wildman–Crippen MR) is 252 cm³/mol. The van der Waals surface area contributed by atoms with Gasteiger partial charge in [0.2, 0.25) is 0 Å². The molecule has 2 N–H and O–H groups in total. The molecular weight excluding hydrogens is 767 g/mol. The van der Waals surface area contributed by atoms with Crippen molar-refractivity contribution in [1.82, 2.24) is 9.80 Å². The number of carbonyl (C=O) groups is 2. The molecule has 0 aromatic carbocycles. The van der Waals surface area contributed by atoms with Gasteiger partial charge in [-0.2, -0.15) is 5.26 Å². The van der Waals surface area contributed by atoms with Crippen LogP contribution in [0.15, 0.2) is 23.8 Å². The smallest absolute Gasteiger partial charge is 0.306 e. The van der Waals surface area contributed by atoms with Gasteiger partial charge in [0.25, 0.3) is 0 Å². The number of ether oxygens (including phenoxy) is 3. The lowest BCUT2D eigenvalue weighted by Gasteiger charge is -2.33. The Labute approximate surface area is 375 Å². The number of ketones is 1. The van der Waals surface area contributed by atoms with E-state index in [0.717, 1.165) is 81.6 Å². The molecule has 0 radical (unpaired) electrons. The standard InChI is InChI=1S/C32H54N2O5.C9H19N.C8H16O2.C2H6/c1-8-31-27(23-37-7)20-25(3)17-18-29(35)13-9-14-30(15-10-16-32(36)39-31)38-26(4)22-28(34(5)6)21-24(2)12-11-19-33;1-4-10-6-8(2)5-9(3)7-10;1-2-6-4-3-5-7(9)8(6)10;1-2/h17-18,20,24,26-28,30-31H,8-16,21-23H2,1-7H3;8-9H,4-7H2,1-3H3;6-10H,2-5H2,1H3;1-2H3/b18-17+,25-20+;;;/t24?,26?,27?,28?,30-,31+;;;/m0.../s1. The number of esters is 1. The molecule has 0 aromatic rings. The number of cyclic esters (lactones) is 1. The molecule has 1 aliphatic carbocycles. The summed E-state index contributed by atoms with van der Waals surface area (Å²) in [6.07, 6.45) is 17.6. The second-order valence-electron chi connectivity index (χ2n) is 18.5. The molecule has 356 valence electrons. The van der Waals surface area contributed by atoms with Crippen LogP contribution in [-0.2, 0) is 23.8 Å². The van der Waals surface area contributed by atoms with E-state index in [4.69, 9.17) is 19.5 Å². The molecule has 1 saturated carbocycles. The Hall–Kier alpha value is -2.13. The van der Waals surface area contributed by atoms with Gasteiger partial charge in [0.15, 0.2) is 5.78 Å². The van der Waals surface area contributed by atoms with Gasteiger partial charge in [0.1, 0.15) is 6.10 Å². The highest BCUT2D eigenvalue weighted by molar-refractivity contribution is 5.89. The number of allylic oxidation sites excluding steroid dienone is 3. The van der Waals surface area contributed by atoms with Crippen molar-refractivity contribution < 1.29 is 34.0 Å². The monoisotopic (exact) mass is 862 g/mol. The summed E-state index contributed by atoms with van der Waals surface area (Å²) in [5.41, 5.74) is 0.958. The van der Waals surface area contributed by atoms with E-state index in [1.807, 2.05) is 39.8 Å². The number of hydrogen-bond acceptors (Lipinski definition) is 10. The quantitative estimate of drug-likeness (QED) is 0.163. The lowest BCUT2D eigenvalue weighted by Crippen LogP contribution is -2.38. The van der Waals surface area contributed by atoms with Crippen molar-refractivity contribution in [2.75, 3.05) is 47.4 Å². The van der Waals surface area contributed by atoms with Gasteiger partial charge in [-0.1, -0.05) is 86.0 Å². The first kappa shape index (κ1) is 58.9. The molecule has 1 saturated heterocycles. The molecular formula is C51H95N3O7. The van der Waals surface area contributed by atoms with Crippen molar-refractivity contribution in [2.45, 2.75) is 209 Å². The summed E-state index contributed by atoms with van der Waals surface area (Å²) in [7, 11) is 5.85. The number of methoxy groups -OCH3 is 1. The minimum absolute atomic E-state index is 0.0128. The fraction of sp³-hybridized carbons (Fsp3) is 0.863. The molecule has 2 heterocycles. The highest BCUT2D eigenvalue weighted by Gasteiger charge is 2.29. The van der Waals surface area contributed by atoms with Gasteiger partial charge < -0.3 is 34.2 Å². The molecule has 10 heteroatoms. The maximum atomic E-state index is 12.7. The zero-order valence-electron chi connectivity index (χ0n) is 41.5. The van der Waals surface area contributed by atoms with Crippen molar-refractivity contribution in [2.24, 2.45) is 29.6 Å². The molecule has 11 atom stereocenters. The minimum Gasteiger partial charge on any atom is -0.462 e. The summed E-state index contributed by atoms with van der Waals surface area (Å²) in [6, 6.07) is 2.62. The molecule has 3 rings (SSSR count). The summed E-state index contributed by atoms with van der Waals surface area (Å²) >= 11 is 0. The fourth-order valence-electron chi connectivity index (χ4n) is 9.03. The maximum absolute atomic E-state index is 12.7. The highest BCUT2D eigenvalue weighted by atomic mass is 16.5. The third kappa shape index (κ3) is 27.0. The largest absolute Gasteiger partial charge is 0.462 e. The van der Waals surface area contributed by atoms with Crippen LogP contribution >= 0.6 is 0 Å². The molecule has 2 fully saturated rings. The first-order chi connectivity index (χ1) is 29.1. The first-order valence-corrected chi connectivity index (χ1v) is 24.4. The molecule has 0 bridgehead atoms. The Morgan fingerprint density at radius 2 is 1.57 bits per heavy atom. The van der Waals surface area contributed by atoms with Crippen LogP contribution in [0.3, 0.4) is 0 Å². The number of aliphatic hydroxyl groups excluding tert-OH is 2. The molecule has 0 spiro atoms. The van der Waals surface area contributed by atoms with Crippen LogP contribution in [0.25, 0.3) is 0 Å². The first-order valence-electron chi connectivity index (χ1n) is 24.4. The molecule has 2 aliphatic heterocycles. The number of nitrogens with zero attached hydrogens (tertiary/aromatic N) is 3. The molecule has 3 aliphatic rings. The number of rotatable bonds is 14. The second-order valence-corrected chi connectivity index (χ2v) is 18.5. The number of aliphatic hydroxyl groups is 2. The van der Waals surface area contributed by atoms with Crippen molar-refractivity contribution in [3.05, 3.63) is 23.8 Å². The van der Waals surface area contributed by atoms with Gasteiger partial charge >= 0.3 is 5.97 Å². The number of piperidine rings is 1. The van der Waals surface area contributed by atoms with Crippen LogP contribution < -0.4 is 0 Å². The van der Waals surface area contributed by atoms with Crippen LogP contribution in [0.5, 0.6) is 0 Å². The third-order valence-corrected chi connectivity index (χ3v) is 12.4. The zero-order valence-corrected chi connectivity index (χ0v) is 41.5. The van der Waals surface area contributed by atoms with Crippen molar-refractivity contribution >= 4 is 11.8 Å². The highest BCUT2D eigenvalue weighted by Crippen LogP contribution is 2.27. The summed E-state index contributed by atoms with van der Waals surface area (Å²) in [6.45, 7) is 25.7. The van der Waals surface area contributed by atoms with E-state index in [9.17, 15) is 19.8 Å². The van der Waals surface area contributed by atoms with E-state index < -0.39 is 12.2 Å². The average molecular weight is 862 g/mol. The summed E-state index contributed by atoms with van der Waals surface area (Å²) in [5.74, 6) is 2.52. The summed E-state index contributed by atoms with van der Waals surface area (Å²) < 4.78 is 17.8. The number of nitriles is 1. The van der Waals surface area contributed by atoms with E-state index in [-0.39, 0.29) is 36.0 Å². The maximum Gasteiger partial charge on any atom is 0.306 e. The minimum atomic E-state index is -0.460. The van der Waals surface area contributed by atoms with E-state index >= 15 is 0 Å². The lowest BCUT2D eigenvalue weighted by molar-refractivity contribution is -0.152. The van der Waals surface area contributed by atoms with Gasteiger partial charge in [-0.15, -0.1) is 0 Å². The van der Waals surface area contributed by atoms with Gasteiger partial charge in [0.05, 0.1) is 37.1 Å². The van der Waals surface area contributed by atoms with Crippen LogP contribution in [0, 0.1) is 40.9 Å². The molecule has 10 nitrogen and oxygen atoms in total. The van der Waals surface area contributed by atoms with E-state index in [0.29, 0.717) is 56.6 Å². The van der Waals surface area contributed by atoms with Gasteiger partial charge in [-0.3, -0.25) is 9.59 Å².